The molecule has 0 bridgehead atoms. The van der Waals surface area contributed by atoms with E-state index < -0.39 is 17.1 Å². The van der Waals surface area contributed by atoms with Crippen LogP contribution in [0.15, 0.2) is 11.6 Å². The molecular weight excluding hydrogens is 416 g/mol. The van der Waals surface area contributed by atoms with Crippen LogP contribution in [0.25, 0.3) is 0 Å². The van der Waals surface area contributed by atoms with Crippen LogP contribution in [0.3, 0.4) is 0 Å². The highest BCUT2D eigenvalue weighted by Gasteiger charge is 2.70. The second-order valence-corrected chi connectivity index (χ2v) is 12.6. The highest BCUT2D eigenvalue weighted by Crippen LogP contribution is 2.70. The highest BCUT2D eigenvalue weighted by atomic mass is 16.5. The average Bonchev–Trinajstić information content (AvgIpc) is 3.36. The number of hydrogen-bond acceptors (Lipinski definition) is 6. The van der Waals surface area contributed by atoms with Crippen molar-refractivity contribution in [2.24, 2.45) is 34.5 Å². The lowest BCUT2D eigenvalue weighted by atomic mass is 9.42. The molecule has 0 spiro atoms. The number of rotatable bonds is 2. The minimum Gasteiger partial charge on any atom is -0.458 e. The molecule has 1 unspecified atom stereocenters. The second kappa shape index (κ2) is 7.78. The van der Waals surface area contributed by atoms with Crippen LogP contribution in [0.5, 0.6) is 0 Å². The van der Waals surface area contributed by atoms with Crippen LogP contribution in [0.4, 0.5) is 0 Å². The maximum Gasteiger partial charge on any atom is 0.331 e. The van der Waals surface area contributed by atoms with Gasteiger partial charge in [0.25, 0.3) is 0 Å². The normalized spacial score (nSPS) is 52.5. The Morgan fingerprint density at radius 3 is 2.58 bits per heavy atom. The molecule has 2 aliphatic heterocycles. The zero-order valence-electron chi connectivity index (χ0n) is 20.4. The second-order valence-electron chi connectivity index (χ2n) is 12.6. The summed E-state index contributed by atoms with van der Waals surface area (Å²) in [5.74, 6) is 1.06. The Bertz CT molecular complexity index is 840. The molecule has 33 heavy (non-hydrogen) atoms. The molecule has 9 atom stereocenters. The quantitative estimate of drug-likeness (QED) is 0.552. The van der Waals surface area contributed by atoms with Gasteiger partial charge in [-0.15, -0.1) is 0 Å². The molecule has 3 N–H and O–H groups in total. The molecule has 0 aromatic carbocycles. The third-order valence-electron chi connectivity index (χ3n) is 11.7. The predicted octanol–water partition coefficient (Wildman–Crippen LogP) is 2.49. The summed E-state index contributed by atoms with van der Waals surface area (Å²) in [5.41, 5.74) is -0.285. The van der Waals surface area contributed by atoms with Gasteiger partial charge in [-0.3, -0.25) is 4.90 Å². The Hall–Kier alpha value is -0.950. The summed E-state index contributed by atoms with van der Waals surface area (Å²) in [4.78, 5) is 14.5. The van der Waals surface area contributed by atoms with E-state index in [-0.39, 0.29) is 23.2 Å². The molecule has 6 rings (SSSR count). The third kappa shape index (κ3) is 3.09. The number of nitrogens with one attached hydrogen (secondary N) is 1. The fraction of sp³-hybridized carbons (Fsp3) is 0.889. The first-order valence-corrected chi connectivity index (χ1v) is 13.5. The van der Waals surface area contributed by atoms with Crippen molar-refractivity contribution >= 4 is 5.97 Å². The average molecular weight is 459 g/mol. The van der Waals surface area contributed by atoms with Crippen LogP contribution in [-0.2, 0) is 9.53 Å². The van der Waals surface area contributed by atoms with Crippen molar-refractivity contribution in [2.75, 3.05) is 32.8 Å². The van der Waals surface area contributed by atoms with Crippen molar-refractivity contribution in [3.05, 3.63) is 11.6 Å². The summed E-state index contributed by atoms with van der Waals surface area (Å²) >= 11 is 0. The zero-order valence-corrected chi connectivity index (χ0v) is 20.4. The van der Waals surface area contributed by atoms with E-state index >= 15 is 0 Å². The molecule has 0 aromatic heterocycles. The minimum absolute atomic E-state index is 0.0267. The SMILES string of the molecule is C[C@]12CCC(N3CCNCC3)C[C@H]1CC[C@@H]1[C@@H]2C[C@@H](O)[C@]2(C)[C@@H](C3=CC(=O)OC3)CC[C@]12O. The Morgan fingerprint density at radius 1 is 1.06 bits per heavy atom. The topological polar surface area (TPSA) is 82.0 Å². The summed E-state index contributed by atoms with van der Waals surface area (Å²) in [6.45, 7) is 9.46. The molecule has 4 aliphatic carbocycles. The lowest BCUT2D eigenvalue weighted by Gasteiger charge is -2.65. The number of aliphatic hydroxyl groups excluding tert-OH is 1. The van der Waals surface area contributed by atoms with Gasteiger partial charge in [0.1, 0.15) is 6.61 Å². The van der Waals surface area contributed by atoms with E-state index in [1.54, 1.807) is 6.08 Å². The van der Waals surface area contributed by atoms with Gasteiger partial charge in [0.2, 0.25) is 0 Å². The van der Waals surface area contributed by atoms with Gasteiger partial charge >= 0.3 is 5.97 Å². The zero-order chi connectivity index (χ0) is 23.0. The van der Waals surface area contributed by atoms with Crippen LogP contribution < -0.4 is 5.32 Å². The Balaban J connectivity index is 1.26. The molecular formula is C27H42N2O4. The molecule has 5 fully saturated rings. The summed E-state index contributed by atoms with van der Waals surface area (Å²) in [5, 5.41) is 27.5. The maximum atomic E-state index is 12.4. The number of carbonyl (C=O) groups excluding carboxylic acids is 1. The smallest absolute Gasteiger partial charge is 0.331 e. The van der Waals surface area contributed by atoms with E-state index in [2.05, 4.69) is 24.1 Å². The molecule has 4 saturated carbocycles. The molecule has 0 radical (unpaired) electrons. The van der Waals surface area contributed by atoms with Gasteiger partial charge in [0, 0.05) is 43.7 Å². The summed E-state index contributed by atoms with van der Waals surface area (Å²) in [6, 6.07) is 0.700. The summed E-state index contributed by atoms with van der Waals surface area (Å²) < 4.78 is 5.22. The lowest BCUT2D eigenvalue weighted by Crippen LogP contribution is -2.67. The van der Waals surface area contributed by atoms with Crippen LogP contribution in [0.2, 0.25) is 0 Å². The van der Waals surface area contributed by atoms with Crippen molar-refractivity contribution in [3.63, 3.8) is 0 Å². The van der Waals surface area contributed by atoms with Gasteiger partial charge in [-0.2, -0.15) is 0 Å². The van der Waals surface area contributed by atoms with Crippen LogP contribution >= 0.6 is 0 Å². The van der Waals surface area contributed by atoms with Crippen molar-refractivity contribution < 1.29 is 19.7 Å². The molecule has 0 aromatic rings. The van der Waals surface area contributed by atoms with Gasteiger partial charge in [0.15, 0.2) is 0 Å². The number of ether oxygens (including phenoxy) is 1. The largest absolute Gasteiger partial charge is 0.458 e. The molecule has 6 heteroatoms. The first-order valence-electron chi connectivity index (χ1n) is 13.5. The number of nitrogens with zero attached hydrogens (tertiary/aromatic N) is 1. The Labute approximate surface area is 198 Å². The van der Waals surface area contributed by atoms with Crippen molar-refractivity contribution in [3.8, 4) is 0 Å². The highest BCUT2D eigenvalue weighted by molar-refractivity contribution is 5.85. The predicted molar refractivity (Wildman–Crippen MR) is 125 cm³/mol. The van der Waals surface area contributed by atoms with E-state index in [0.717, 1.165) is 44.3 Å². The van der Waals surface area contributed by atoms with E-state index in [4.69, 9.17) is 4.74 Å². The van der Waals surface area contributed by atoms with Gasteiger partial charge in [0.05, 0.1) is 11.7 Å². The first-order chi connectivity index (χ1) is 15.8. The minimum atomic E-state index is -0.865. The Morgan fingerprint density at radius 2 is 1.85 bits per heavy atom. The number of esters is 1. The van der Waals surface area contributed by atoms with E-state index in [9.17, 15) is 15.0 Å². The van der Waals surface area contributed by atoms with Gasteiger partial charge in [-0.25, -0.2) is 4.79 Å². The number of cyclic esters (lactones) is 1. The lowest BCUT2D eigenvalue weighted by molar-refractivity contribution is -0.244. The fourth-order valence-electron chi connectivity index (χ4n) is 9.75. The number of aliphatic hydroxyl groups is 2. The van der Waals surface area contributed by atoms with Gasteiger partial charge < -0.3 is 20.3 Å². The number of fused-ring (bicyclic) bond motifs is 5. The molecule has 2 heterocycles. The van der Waals surface area contributed by atoms with Gasteiger partial charge in [-0.1, -0.05) is 13.8 Å². The van der Waals surface area contributed by atoms with Crippen molar-refractivity contribution in [1.29, 1.82) is 0 Å². The van der Waals surface area contributed by atoms with Crippen LogP contribution in [0.1, 0.15) is 65.2 Å². The van der Waals surface area contributed by atoms with E-state index in [0.29, 0.717) is 24.5 Å². The van der Waals surface area contributed by atoms with Crippen molar-refractivity contribution in [2.45, 2.75) is 83.0 Å². The van der Waals surface area contributed by atoms with E-state index in [1.165, 1.54) is 38.8 Å². The standard InChI is InChI=1S/C27H42N2O4/c1-25-7-5-19(29-11-9-28-10-12-29)14-18(25)3-4-21-22(25)15-23(30)26(2)20(6-8-27(21,26)32)17-13-24(31)33-16-17/h13,18-23,28,30,32H,3-12,14-16H2,1-2H3/t18-,19?,20-,21-,22+,23-,25+,26+,27+/m1/s1. The summed E-state index contributed by atoms with van der Waals surface area (Å²) in [6.07, 6.45) is 9.42. The fourth-order valence-corrected chi connectivity index (χ4v) is 9.75. The first kappa shape index (κ1) is 22.5. The van der Waals surface area contributed by atoms with Crippen LogP contribution in [0, 0.1) is 34.5 Å². The number of hydrogen-bond donors (Lipinski definition) is 3. The van der Waals surface area contributed by atoms with Crippen molar-refractivity contribution in [1.82, 2.24) is 10.2 Å². The van der Waals surface area contributed by atoms with Crippen LogP contribution in [-0.4, -0.2) is 71.6 Å². The molecule has 184 valence electrons. The number of carbonyl (C=O) groups is 1. The maximum absolute atomic E-state index is 12.4. The Kier molecular flexibility index (Phi) is 5.30. The molecule has 6 aliphatic rings. The molecule has 6 nitrogen and oxygen atoms in total. The monoisotopic (exact) mass is 458 g/mol. The third-order valence-corrected chi connectivity index (χ3v) is 11.7. The summed E-state index contributed by atoms with van der Waals surface area (Å²) in [7, 11) is 0. The number of piperazine rings is 1. The van der Waals surface area contributed by atoms with Gasteiger partial charge in [-0.05, 0) is 86.0 Å². The molecule has 1 saturated heterocycles. The molecule has 0 amide bonds. The van der Waals surface area contributed by atoms with E-state index in [1.807, 2.05) is 0 Å².